The van der Waals surface area contributed by atoms with Crippen LogP contribution in [0.1, 0.15) is 45.9 Å². The highest BCUT2D eigenvalue weighted by molar-refractivity contribution is 5.94. The Hall–Kier alpha value is -2.13. The summed E-state index contributed by atoms with van der Waals surface area (Å²) < 4.78 is 0. The van der Waals surface area contributed by atoms with Crippen molar-refractivity contribution in [1.82, 2.24) is 10.2 Å². The highest BCUT2D eigenvalue weighted by Crippen LogP contribution is 2.22. The number of carbonyl (C=O) groups is 1. The predicted molar refractivity (Wildman–Crippen MR) is 98.3 cm³/mol. The molecule has 1 aliphatic rings. The minimum absolute atomic E-state index is 0.0196. The van der Waals surface area contributed by atoms with E-state index in [-0.39, 0.29) is 11.9 Å². The van der Waals surface area contributed by atoms with Gasteiger partial charge < -0.3 is 10.2 Å². The molecule has 3 nitrogen and oxygen atoms in total. The zero-order valence-corrected chi connectivity index (χ0v) is 14.6. The van der Waals surface area contributed by atoms with E-state index in [0.29, 0.717) is 6.54 Å². The summed E-state index contributed by atoms with van der Waals surface area (Å²) in [5, 5.41) is 3.11. The first-order valence-electron chi connectivity index (χ1n) is 8.76. The van der Waals surface area contributed by atoms with Gasteiger partial charge in [0.15, 0.2) is 0 Å². The second-order valence-corrected chi connectivity index (χ2v) is 6.79. The molecule has 0 saturated heterocycles. The van der Waals surface area contributed by atoms with Crippen LogP contribution >= 0.6 is 0 Å². The van der Waals surface area contributed by atoms with Crippen LogP contribution in [-0.2, 0) is 12.8 Å². The van der Waals surface area contributed by atoms with Gasteiger partial charge in [-0.2, -0.15) is 0 Å². The molecule has 24 heavy (non-hydrogen) atoms. The second-order valence-electron chi connectivity index (χ2n) is 6.79. The third-order valence-electron chi connectivity index (χ3n) is 4.87. The topological polar surface area (TPSA) is 32.3 Å². The van der Waals surface area contributed by atoms with Crippen molar-refractivity contribution in [2.24, 2.45) is 0 Å². The summed E-state index contributed by atoms with van der Waals surface area (Å²) in [5.74, 6) is 0.0196. The molecule has 1 N–H and O–H groups in total. The van der Waals surface area contributed by atoms with Gasteiger partial charge in [0.2, 0.25) is 0 Å². The molecule has 0 spiro atoms. The van der Waals surface area contributed by atoms with Gasteiger partial charge in [-0.15, -0.1) is 0 Å². The van der Waals surface area contributed by atoms with Crippen LogP contribution < -0.4 is 5.32 Å². The maximum atomic E-state index is 12.6. The SMILES string of the molecule is CN(C)[C@@H](CNC(=O)c1ccc2c(c1)CCCC2)c1ccccc1. The molecular weight excluding hydrogens is 296 g/mol. The Balaban J connectivity index is 1.68. The lowest BCUT2D eigenvalue weighted by atomic mass is 9.90. The lowest BCUT2D eigenvalue weighted by molar-refractivity contribution is 0.0942. The molecule has 0 saturated carbocycles. The molecule has 0 unspecified atom stereocenters. The van der Waals surface area contributed by atoms with Crippen molar-refractivity contribution >= 4 is 5.91 Å². The lowest BCUT2D eigenvalue weighted by Gasteiger charge is -2.25. The third-order valence-corrected chi connectivity index (χ3v) is 4.87. The van der Waals surface area contributed by atoms with Crippen molar-refractivity contribution in [2.45, 2.75) is 31.7 Å². The minimum Gasteiger partial charge on any atom is -0.350 e. The molecule has 2 aromatic carbocycles. The van der Waals surface area contributed by atoms with Gasteiger partial charge in [0.1, 0.15) is 0 Å². The van der Waals surface area contributed by atoms with E-state index >= 15 is 0 Å². The number of amides is 1. The van der Waals surface area contributed by atoms with E-state index in [9.17, 15) is 4.79 Å². The molecule has 0 bridgehead atoms. The van der Waals surface area contributed by atoms with Gasteiger partial charge in [-0.25, -0.2) is 0 Å². The van der Waals surface area contributed by atoms with E-state index in [1.165, 1.54) is 29.5 Å². The summed E-state index contributed by atoms with van der Waals surface area (Å²) >= 11 is 0. The molecule has 1 atom stereocenters. The van der Waals surface area contributed by atoms with Crippen LogP contribution in [0.4, 0.5) is 0 Å². The van der Waals surface area contributed by atoms with E-state index in [1.54, 1.807) is 0 Å². The van der Waals surface area contributed by atoms with Crippen molar-refractivity contribution in [1.29, 1.82) is 0 Å². The standard InChI is InChI=1S/C21H26N2O/c1-23(2)20(17-9-4-3-5-10-17)15-22-21(24)19-13-12-16-8-6-7-11-18(16)14-19/h3-5,9-10,12-14,20H,6-8,11,15H2,1-2H3,(H,22,24)/t20-/m0/s1. The van der Waals surface area contributed by atoms with Crippen molar-refractivity contribution in [3.8, 4) is 0 Å². The van der Waals surface area contributed by atoms with Crippen LogP contribution in [0.2, 0.25) is 0 Å². The van der Waals surface area contributed by atoms with E-state index in [1.807, 2.05) is 38.4 Å². The molecule has 0 aromatic heterocycles. The van der Waals surface area contributed by atoms with E-state index < -0.39 is 0 Å². The molecular formula is C21H26N2O. The summed E-state index contributed by atoms with van der Waals surface area (Å²) in [6, 6.07) is 16.7. The Morgan fingerprint density at radius 1 is 1.04 bits per heavy atom. The number of fused-ring (bicyclic) bond motifs is 1. The molecule has 2 aromatic rings. The van der Waals surface area contributed by atoms with Gasteiger partial charge in [-0.1, -0.05) is 36.4 Å². The number of likely N-dealkylation sites (N-methyl/N-ethyl adjacent to an activating group) is 1. The van der Waals surface area contributed by atoms with Gasteiger partial charge in [-0.05, 0) is 68.6 Å². The largest absolute Gasteiger partial charge is 0.350 e. The zero-order chi connectivity index (χ0) is 16.9. The van der Waals surface area contributed by atoms with Crippen molar-refractivity contribution < 1.29 is 4.79 Å². The van der Waals surface area contributed by atoms with E-state index in [2.05, 4.69) is 34.5 Å². The Morgan fingerprint density at radius 3 is 2.46 bits per heavy atom. The van der Waals surface area contributed by atoms with Crippen LogP contribution in [0.5, 0.6) is 0 Å². The summed E-state index contributed by atoms with van der Waals surface area (Å²) in [4.78, 5) is 14.7. The fraction of sp³-hybridized carbons (Fsp3) is 0.381. The summed E-state index contributed by atoms with van der Waals surface area (Å²) in [6.07, 6.45) is 4.74. The van der Waals surface area contributed by atoms with Crippen LogP contribution in [-0.4, -0.2) is 31.4 Å². The van der Waals surface area contributed by atoms with Gasteiger partial charge in [-0.3, -0.25) is 4.79 Å². The quantitative estimate of drug-likeness (QED) is 0.912. The summed E-state index contributed by atoms with van der Waals surface area (Å²) in [5.41, 5.74) is 4.75. The number of nitrogens with zero attached hydrogens (tertiary/aromatic N) is 1. The van der Waals surface area contributed by atoms with Crippen LogP contribution in [0.3, 0.4) is 0 Å². The minimum atomic E-state index is 0.0196. The Morgan fingerprint density at radius 2 is 1.75 bits per heavy atom. The monoisotopic (exact) mass is 322 g/mol. The second kappa shape index (κ2) is 7.63. The fourth-order valence-electron chi connectivity index (χ4n) is 3.44. The molecule has 3 heteroatoms. The van der Waals surface area contributed by atoms with Crippen LogP contribution in [0.25, 0.3) is 0 Å². The maximum Gasteiger partial charge on any atom is 0.251 e. The molecule has 1 amide bonds. The molecule has 1 aliphatic carbocycles. The van der Waals surface area contributed by atoms with Crippen molar-refractivity contribution in [2.75, 3.05) is 20.6 Å². The first kappa shape index (κ1) is 16.7. The number of carbonyl (C=O) groups excluding carboxylic acids is 1. The van der Waals surface area contributed by atoms with Gasteiger partial charge in [0.25, 0.3) is 5.91 Å². The highest BCUT2D eigenvalue weighted by Gasteiger charge is 2.17. The smallest absolute Gasteiger partial charge is 0.251 e. The highest BCUT2D eigenvalue weighted by atomic mass is 16.1. The summed E-state index contributed by atoms with van der Waals surface area (Å²) in [7, 11) is 4.09. The average Bonchev–Trinajstić information content (AvgIpc) is 2.62. The number of aryl methyl sites for hydroxylation is 2. The van der Waals surface area contributed by atoms with Crippen LogP contribution in [0.15, 0.2) is 48.5 Å². The molecule has 0 fully saturated rings. The predicted octanol–water partition coefficient (Wildman–Crippen LogP) is 3.60. The molecule has 0 aliphatic heterocycles. The van der Waals surface area contributed by atoms with Gasteiger partial charge in [0.05, 0.1) is 6.04 Å². The first-order valence-corrected chi connectivity index (χ1v) is 8.76. The van der Waals surface area contributed by atoms with Crippen LogP contribution in [0, 0.1) is 0 Å². The number of hydrogen-bond acceptors (Lipinski definition) is 2. The third kappa shape index (κ3) is 3.85. The number of nitrogens with one attached hydrogen (secondary N) is 1. The van der Waals surface area contributed by atoms with Gasteiger partial charge >= 0.3 is 0 Å². The average molecular weight is 322 g/mol. The number of benzene rings is 2. The fourth-order valence-corrected chi connectivity index (χ4v) is 3.44. The Bertz CT molecular complexity index is 694. The van der Waals surface area contributed by atoms with E-state index in [0.717, 1.165) is 18.4 Å². The Labute approximate surface area is 144 Å². The lowest BCUT2D eigenvalue weighted by Crippen LogP contribution is -2.34. The summed E-state index contributed by atoms with van der Waals surface area (Å²) in [6.45, 7) is 0.604. The van der Waals surface area contributed by atoms with Crippen molar-refractivity contribution in [3.05, 3.63) is 70.8 Å². The maximum absolute atomic E-state index is 12.6. The number of hydrogen-bond donors (Lipinski definition) is 1. The van der Waals surface area contributed by atoms with Gasteiger partial charge in [0, 0.05) is 12.1 Å². The first-order chi connectivity index (χ1) is 11.6. The molecule has 0 heterocycles. The van der Waals surface area contributed by atoms with E-state index in [4.69, 9.17) is 0 Å². The van der Waals surface area contributed by atoms with Crippen molar-refractivity contribution in [3.63, 3.8) is 0 Å². The molecule has 0 radical (unpaired) electrons. The normalized spacial score (nSPS) is 15.0. The zero-order valence-electron chi connectivity index (χ0n) is 14.6. The Kier molecular flexibility index (Phi) is 5.31. The molecule has 3 rings (SSSR count). The number of rotatable bonds is 5. The molecule has 126 valence electrons.